The second-order valence-electron chi connectivity index (χ2n) is 5.34. The topological polar surface area (TPSA) is 25.8 Å². The van der Waals surface area contributed by atoms with E-state index in [1.807, 2.05) is 36.7 Å². The first kappa shape index (κ1) is 17.0. The largest absolute Gasteiger partial charge is 0.264 e. The lowest BCUT2D eigenvalue weighted by atomic mass is 10.1. The van der Waals surface area contributed by atoms with Crippen molar-refractivity contribution in [3.63, 3.8) is 0 Å². The summed E-state index contributed by atoms with van der Waals surface area (Å²) in [5.74, 6) is 0. The summed E-state index contributed by atoms with van der Waals surface area (Å²) in [5, 5.41) is 2.79. The van der Waals surface area contributed by atoms with Crippen LogP contribution in [0.2, 0.25) is 0 Å². The number of rotatable bonds is 3. The molecule has 0 aliphatic rings. The van der Waals surface area contributed by atoms with Crippen molar-refractivity contribution >= 4 is 19.2 Å². The van der Waals surface area contributed by atoms with E-state index in [4.69, 9.17) is 0 Å². The molecule has 0 bridgehead atoms. The Morgan fingerprint density at radius 3 is 1.28 bits per heavy atom. The Kier molecular flexibility index (Phi) is 6.44. The van der Waals surface area contributed by atoms with E-state index in [2.05, 4.69) is 70.6 Å². The second kappa shape index (κ2) is 9.46. The zero-order valence-corrected chi connectivity index (χ0v) is 14.8. The van der Waals surface area contributed by atoms with Gasteiger partial charge in [-0.3, -0.25) is 9.97 Å². The Labute approximate surface area is 150 Å². The van der Waals surface area contributed by atoms with Gasteiger partial charge in [0.15, 0.2) is 0 Å². The van der Waals surface area contributed by atoms with Gasteiger partial charge in [-0.1, -0.05) is 81.4 Å². The van der Waals surface area contributed by atoms with Crippen molar-refractivity contribution in [3.05, 3.63) is 110 Å². The van der Waals surface area contributed by atoms with Crippen LogP contribution in [0, 0.1) is 0 Å². The Hall–Kier alpha value is -2.83. The van der Waals surface area contributed by atoms with Gasteiger partial charge >= 0.3 is 0 Å². The Bertz CT molecular complexity index is 776. The molecule has 0 unspecified atom stereocenters. The molecule has 25 heavy (non-hydrogen) atoms. The highest BCUT2D eigenvalue weighted by atomic mass is 31.1. The predicted octanol–water partition coefficient (Wildman–Crippen LogP) is 4.46. The summed E-state index contributed by atoms with van der Waals surface area (Å²) in [6.07, 6.45) is 7.19. The van der Waals surface area contributed by atoms with Gasteiger partial charge in [-0.25, -0.2) is 0 Å². The maximum absolute atomic E-state index is 4.03. The monoisotopic (exact) mass is 342 g/mol. The molecule has 0 aliphatic heterocycles. The van der Waals surface area contributed by atoms with Crippen LogP contribution in [-0.4, -0.2) is 9.97 Å². The molecule has 2 nitrogen and oxygen atoms in total. The summed E-state index contributed by atoms with van der Waals surface area (Å²) < 4.78 is 0. The van der Waals surface area contributed by atoms with Crippen LogP contribution < -0.4 is 10.6 Å². The van der Waals surface area contributed by atoms with Gasteiger partial charge in [-0.15, -0.1) is 0 Å². The standard InChI is InChI=1S/C12H11P.C10H8N2/c1-3-7-11(8-4-1)13-12-9-5-2-6-10-12;1-3-9(7-11-5-1)10-4-2-6-12-8-10/h1-10,13H;1-8H. The highest BCUT2D eigenvalue weighted by Crippen LogP contribution is 2.14. The molecule has 122 valence electrons. The van der Waals surface area contributed by atoms with Gasteiger partial charge in [0.2, 0.25) is 0 Å². The van der Waals surface area contributed by atoms with Crippen LogP contribution in [-0.2, 0) is 0 Å². The third kappa shape index (κ3) is 5.63. The molecule has 0 N–H and O–H groups in total. The first-order valence-corrected chi connectivity index (χ1v) is 9.09. The van der Waals surface area contributed by atoms with Crippen LogP contribution >= 0.6 is 8.58 Å². The molecule has 0 aliphatic carbocycles. The minimum Gasteiger partial charge on any atom is -0.264 e. The lowest BCUT2D eigenvalue weighted by Crippen LogP contribution is -2.01. The number of nitrogens with zero attached hydrogens (tertiary/aromatic N) is 2. The highest BCUT2D eigenvalue weighted by molar-refractivity contribution is 7.55. The van der Waals surface area contributed by atoms with E-state index in [0.29, 0.717) is 0 Å². The van der Waals surface area contributed by atoms with Crippen molar-refractivity contribution < 1.29 is 0 Å². The maximum Gasteiger partial charge on any atom is 0.0346 e. The number of pyridine rings is 2. The second-order valence-corrected chi connectivity index (χ2v) is 6.75. The van der Waals surface area contributed by atoms with E-state index in [9.17, 15) is 0 Å². The number of benzene rings is 2. The predicted molar refractivity (Wildman–Crippen MR) is 108 cm³/mol. The summed E-state index contributed by atoms with van der Waals surface area (Å²) in [5.41, 5.74) is 2.20. The quantitative estimate of drug-likeness (QED) is 0.514. The molecule has 0 radical (unpaired) electrons. The average Bonchev–Trinajstić information content (AvgIpc) is 2.71. The summed E-state index contributed by atoms with van der Waals surface area (Å²) in [6.45, 7) is 0. The minimum absolute atomic E-state index is 0.777. The van der Waals surface area contributed by atoms with Gasteiger partial charge in [-0.2, -0.15) is 0 Å². The van der Waals surface area contributed by atoms with E-state index in [1.165, 1.54) is 10.6 Å². The fraction of sp³-hybridized carbons (Fsp3) is 0. The number of hydrogen-bond donors (Lipinski definition) is 0. The van der Waals surface area contributed by atoms with Crippen LogP contribution in [0.1, 0.15) is 0 Å². The van der Waals surface area contributed by atoms with E-state index in [1.54, 1.807) is 12.4 Å². The molecule has 0 saturated carbocycles. The van der Waals surface area contributed by atoms with Crippen LogP contribution in [0.3, 0.4) is 0 Å². The molecule has 0 amide bonds. The van der Waals surface area contributed by atoms with Crippen LogP contribution in [0.25, 0.3) is 11.1 Å². The number of hydrogen-bond acceptors (Lipinski definition) is 2. The molecule has 0 spiro atoms. The van der Waals surface area contributed by atoms with Crippen molar-refractivity contribution in [2.45, 2.75) is 0 Å². The zero-order valence-electron chi connectivity index (χ0n) is 13.8. The Morgan fingerprint density at radius 1 is 0.480 bits per heavy atom. The molecule has 4 aromatic rings. The molecule has 0 atom stereocenters. The van der Waals surface area contributed by atoms with Crippen molar-refractivity contribution in [2.24, 2.45) is 0 Å². The van der Waals surface area contributed by atoms with Gasteiger partial charge in [0.05, 0.1) is 0 Å². The molecule has 0 saturated heterocycles. The molecule has 4 rings (SSSR count). The molecule has 2 aromatic carbocycles. The highest BCUT2D eigenvalue weighted by Gasteiger charge is 1.94. The van der Waals surface area contributed by atoms with Gasteiger partial charge in [0.25, 0.3) is 0 Å². The van der Waals surface area contributed by atoms with E-state index in [-0.39, 0.29) is 0 Å². The maximum atomic E-state index is 4.03. The third-order valence-electron chi connectivity index (χ3n) is 3.49. The van der Waals surface area contributed by atoms with Crippen molar-refractivity contribution in [3.8, 4) is 11.1 Å². The van der Waals surface area contributed by atoms with Crippen molar-refractivity contribution in [1.29, 1.82) is 0 Å². The van der Waals surface area contributed by atoms with Gasteiger partial charge < -0.3 is 0 Å². The van der Waals surface area contributed by atoms with E-state index < -0.39 is 0 Å². The minimum atomic E-state index is 0.777. The molecule has 3 heteroatoms. The lowest BCUT2D eigenvalue weighted by Gasteiger charge is -2.00. The summed E-state index contributed by atoms with van der Waals surface area (Å²) in [6, 6.07) is 29.0. The number of aromatic nitrogens is 2. The third-order valence-corrected chi connectivity index (χ3v) is 4.74. The average molecular weight is 342 g/mol. The SMILES string of the molecule is c1ccc(Pc2ccccc2)cc1.c1cncc(-c2cccnc2)c1. The zero-order chi connectivity index (χ0) is 17.2. The van der Waals surface area contributed by atoms with Crippen molar-refractivity contribution in [1.82, 2.24) is 9.97 Å². The van der Waals surface area contributed by atoms with Crippen LogP contribution in [0.5, 0.6) is 0 Å². The normalized spacial score (nSPS) is 9.76. The molecule has 0 fully saturated rings. The summed E-state index contributed by atoms with van der Waals surface area (Å²) in [7, 11) is 0.777. The van der Waals surface area contributed by atoms with Crippen LogP contribution in [0.15, 0.2) is 110 Å². The van der Waals surface area contributed by atoms with Crippen molar-refractivity contribution in [2.75, 3.05) is 0 Å². The fourth-order valence-electron chi connectivity index (χ4n) is 2.28. The molecule has 2 heterocycles. The molecular weight excluding hydrogens is 323 g/mol. The molecular formula is C22H19N2P. The summed E-state index contributed by atoms with van der Waals surface area (Å²) in [4.78, 5) is 8.07. The van der Waals surface area contributed by atoms with Crippen LogP contribution in [0.4, 0.5) is 0 Å². The van der Waals surface area contributed by atoms with E-state index >= 15 is 0 Å². The summed E-state index contributed by atoms with van der Waals surface area (Å²) >= 11 is 0. The smallest absolute Gasteiger partial charge is 0.0346 e. The van der Waals surface area contributed by atoms with Gasteiger partial charge in [0, 0.05) is 35.9 Å². The Morgan fingerprint density at radius 2 is 0.920 bits per heavy atom. The van der Waals surface area contributed by atoms with E-state index in [0.717, 1.165) is 19.7 Å². The molecule has 2 aromatic heterocycles. The fourth-order valence-corrected chi connectivity index (χ4v) is 3.33. The Balaban J connectivity index is 0.000000146. The lowest BCUT2D eigenvalue weighted by molar-refractivity contribution is 1.30. The van der Waals surface area contributed by atoms with Gasteiger partial charge in [0.1, 0.15) is 0 Å². The van der Waals surface area contributed by atoms with Gasteiger partial charge in [-0.05, 0) is 22.7 Å². The first-order chi connectivity index (χ1) is 12.4. The first-order valence-electron chi connectivity index (χ1n) is 8.09.